The molecule has 1 aromatic carbocycles. The van der Waals surface area contributed by atoms with Gasteiger partial charge in [0.1, 0.15) is 11.6 Å². The average molecular weight is 345 g/mol. The molecule has 1 aliphatic rings. The van der Waals surface area contributed by atoms with Crippen molar-refractivity contribution in [1.82, 2.24) is 4.90 Å². The van der Waals surface area contributed by atoms with Crippen LogP contribution in [0.5, 0.6) is 0 Å². The third-order valence-electron chi connectivity index (χ3n) is 4.39. The summed E-state index contributed by atoms with van der Waals surface area (Å²) in [5.74, 6) is -0.749. The summed E-state index contributed by atoms with van der Waals surface area (Å²) in [7, 11) is 0. The molecule has 3 rings (SSSR count). The molecule has 0 saturated carbocycles. The number of rotatable bonds is 4. The number of hydrogen-bond acceptors (Lipinski definition) is 4. The molecule has 2 aromatic rings. The lowest BCUT2D eigenvalue weighted by Crippen LogP contribution is -2.54. The minimum absolute atomic E-state index is 0.113. The van der Waals surface area contributed by atoms with Crippen LogP contribution in [0.25, 0.3) is 0 Å². The molecule has 1 unspecified atom stereocenters. The van der Waals surface area contributed by atoms with E-state index in [0.717, 1.165) is 0 Å². The van der Waals surface area contributed by atoms with Crippen LogP contribution in [0.4, 0.5) is 10.1 Å². The SMILES string of the molecule is CC1CN(c2ccccc2F)CCN1C(=O)c1ccoc1CC(N)=O. The summed E-state index contributed by atoms with van der Waals surface area (Å²) < 4.78 is 19.2. The number of nitrogens with two attached hydrogens (primary N) is 1. The first-order chi connectivity index (χ1) is 12.0. The molecule has 1 fully saturated rings. The van der Waals surface area contributed by atoms with E-state index in [1.165, 1.54) is 12.3 Å². The van der Waals surface area contributed by atoms with Crippen LogP contribution in [0.15, 0.2) is 41.0 Å². The molecule has 0 aliphatic carbocycles. The van der Waals surface area contributed by atoms with Gasteiger partial charge in [-0.3, -0.25) is 9.59 Å². The summed E-state index contributed by atoms with van der Waals surface area (Å²) in [6.45, 7) is 3.42. The zero-order valence-corrected chi connectivity index (χ0v) is 13.9. The maximum absolute atomic E-state index is 14.0. The fraction of sp³-hybridized carbons (Fsp3) is 0.333. The topological polar surface area (TPSA) is 79.8 Å². The summed E-state index contributed by atoms with van der Waals surface area (Å²) in [5, 5.41) is 0. The number of amides is 2. The van der Waals surface area contributed by atoms with Crippen molar-refractivity contribution in [3.05, 3.63) is 53.7 Å². The first-order valence-corrected chi connectivity index (χ1v) is 8.12. The van der Waals surface area contributed by atoms with E-state index >= 15 is 0 Å². The van der Waals surface area contributed by atoms with Crippen molar-refractivity contribution in [2.75, 3.05) is 24.5 Å². The van der Waals surface area contributed by atoms with Crippen LogP contribution in [-0.4, -0.2) is 42.4 Å². The Morgan fingerprint density at radius 3 is 2.72 bits per heavy atom. The highest BCUT2D eigenvalue weighted by Crippen LogP contribution is 2.24. The minimum atomic E-state index is -0.554. The number of anilines is 1. The van der Waals surface area contributed by atoms with E-state index in [-0.39, 0.29) is 29.9 Å². The minimum Gasteiger partial charge on any atom is -0.468 e. The number of furan rings is 1. The van der Waals surface area contributed by atoms with E-state index in [1.807, 2.05) is 11.8 Å². The van der Waals surface area contributed by atoms with Gasteiger partial charge in [0.05, 0.1) is 23.9 Å². The van der Waals surface area contributed by atoms with Crippen LogP contribution < -0.4 is 10.6 Å². The quantitative estimate of drug-likeness (QED) is 0.916. The van der Waals surface area contributed by atoms with Gasteiger partial charge < -0.3 is 20.0 Å². The van der Waals surface area contributed by atoms with Crippen molar-refractivity contribution in [1.29, 1.82) is 0 Å². The van der Waals surface area contributed by atoms with Crippen LogP contribution >= 0.6 is 0 Å². The highest BCUT2D eigenvalue weighted by molar-refractivity contribution is 5.96. The molecular formula is C18H20FN3O3. The summed E-state index contributed by atoms with van der Waals surface area (Å²) in [4.78, 5) is 27.6. The van der Waals surface area contributed by atoms with Gasteiger partial charge in [0.25, 0.3) is 5.91 Å². The molecule has 7 heteroatoms. The van der Waals surface area contributed by atoms with Gasteiger partial charge in [-0.1, -0.05) is 12.1 Å². The Hall–Kier alpha value is -2.83. The smallest absolute Gasteiger partial charge is 0.257 e. The normalized spacial score (nSPS) is 17.6. The van der Waals surface area contributed by atoms with Crippen molar-refractivity contribution in [2.45, 2.75) is 19.4 Å². The predicted molar refractivity (Wildman–Crippen MR) is 90.7 cm³/mol. The molecule has 1 saturated heterocycles. The van der Waals surface area contributed by atoms with E-state index in [1.54, 1.807) is 29.2 Å². The number of hydrogen-bond donors (Lipinski definition) is 1. The third-order valence-corrected chi connectivity index (χ3v) is 4.39. The Bertz CT molecular complexity index is 789. The second kappa shape index (κ2) is 6.96. The van der Waals surface area contributed by atoms with Gasteiger partial charge >= 0.3 is 0 Å². The Morgan fingerprint density at radius 2 is 2.04 bits per heavy atom. The number of benzene rings is 1. The number of halogens is 1. The summed E-state index contributed by atoms with van der Waals surface area (Å²) >= 11 is 0. The number of para-hydroxylation sites is 1. The maximum atomic E-state index is 14.0. The van der Waals surface area contributed by atoms with Gasteiger partial charge in [0.15, 0.2) is 0 Å². The standard InChI is InChI=1S/C18H20FN3O3/c1-12-11-21(15-5-3-2-4-14(15)19)7-8-22(12)18(24)13-6-9-25-16(13)10-17(20)23/h2-6,9,12H,7-8,10-11H2,1H3,(H2,20,23). The second-order valence-electron chi connectivity index (χ2n) is 6.15. The van der Waals surface area contributed by atoms with Gasteiger partial charge in [-0.25, -0.2) is 4.39 Å². The van der Waals surface area contributed by atoms with E-state index in [4.69, 9.17) is 10.2 Å². The van der Waals surface area contributed by atoms with Gasteiger partial charge in [0.2, 0.25) is 5.91 Å². The van der Waals surface area contributed by atoms with Crippen molar-refractivity contribution in [3.8, 4) is 0 Å². The van der Waals surface area contributed by atoms with Gasteiger partial charge in [0, 0.05) is 25.7 Å². The lowest BCUT2D eigenvalue weighted by atomic mass is 10.1. The fourth-order valence-electron chi connectivity index (χ4n) is 3.17. The molecule has 1 aliphatic heterocycles. The molecule has 1 aromatic heterocycles. The molecule has 2 N–H and O–H groups in total. The maximum Gasteiger partial charge on any atom is 0.257 e. The van der Waals surface area contributed by atoms with E-state index in [2.05, 4.69) is 0 Å². The predicted octanol–water partition coefficient (Wildman–Crippen LogP) is 1.80. The van der Waals surface area contributed by atoms with Crippen molar-refractivity contribution >= 4 is 17.5 Å². The van der Waals surface area contributed by atoms with Crippen molar-refractivity contribution < 1.29 is 18.4 Å². The molecule has 0 spiro atoms. The second-order valence-corrected chi connectivity index (χ2v) is 6.15. The monoisotopic (exact) mass is 345 g/mol. The Labute approximate surface area is 145 Å². The zero-order valence-electron chi connectivity index (χ0n) is 13.9. The number of nitrogens with zero attached hydrogens (tertiary/aromatic N) is 2. The van der Waals surface area contributed by atoms with Gasteiger partial charge in [-0.2, -0.15) is 0 Å². The van der Waals surface area contributed by atoms with E-state index in [0.29, 0.717) is 30.9 Å². The highest BCUT2D eigenvalue weighted by Gasteiger charge is 2.31. The highest BCUT2D eigenvalue weighted by atomic mass is 19.1. The zero-order chi connectivity index (χ0) is 18.0. The Kier molecular flexibility index (Phi) is 4.74. The van der Waals surface area contributed by atoms with Crippen LogP contribution in [-0.2, 0) is 11.2 Å². The molecule has 25 heavy (non-hydrogen) atoms. The van der Waals surface area contributed by atoms with E-state index in [9.17, 15) is 14.0 Å². The summed E-state index contributed by atoms with van der Waals surface area (Å²) in [6.07, 6.45) is 1.27. The molecule has 132 valence electrons. The molecule has 1 atom stereocenters. The van der Waals surface area contributed by atoms with Crippen LogP contribution in [0.1, 0.15) is 23.0 Å². The molecule has 2 heterocycles. The van der Waals surface area contributed by atoms with Crippen LogP contribution in [0.3, 0.4) is 0 Å². The molecule has 0 radical (unpaired) electrons. The fourth-order valence-corrected chi connectivity index (χ4v) is 3.17. The number of primary amides is 1. The van der Waals surface area contributed by atoms with Crippen LogP contribution in [0, 0.1) is 5.82 Å². The Morgan fingerprint density at radius 1 is 1.28 bits per heavy atom. The number of carbonyl (C=O) groups is 2. The van der Waals surface area contributed by atoms with Gasteiger partial charge in [-0.15, -0.1) is 0 Å². The molecule has 6 nitrogen and oxygen atoms in total. The van der Waals surface area contributed by atoms with Crippen molar-refractivity contribution in [2.24, 2.45) is 5.73 Å². The van der Waals surface area contributed by atoms with Crippen LogP contribution in [0.2, 0.25) is 0 Å². The molecule has 2 amide bonds. The van der Waals surface area contributed by atoms with Crippen molar-refractivity contribution in [3.63, 3.8) is 0 Å². The largest absolute Gasteiger partial charge is 0.468 e. The lowest BCUT2D eigenvalue weighted by molar-refractivity contribution is -0.117. The first-order valence-electron chi connectivity index (χ1n) is 8.12. The molecular weight excluding hydrogens is 325 g/mol. The number of piperazine rings is 1. The van der Waals surface area contributed by atoms with Gasteiger partial charge in [-0.05, 0) is 25.1 Å². The van der Waals surface area contributed by atoms with E-state index < -0.39 is 5.91 Å². The first kappa shape index (κ1) is 17.0. The summed E-state index contributed by atoms with van der Waals surface area (Å²) in [6, 6.07) is 8.05. The molecule has 0 bridgehead atoms. The summed E-state index contributed by atoms with van der Waals surface area (Å²) in [5.41, 5.74) is 6.08. The lowest BCUT2D eigenvalue weighted by Gasteiger charge is -2.41. The number of carbonyl (C=O) groups excluding carboxylic acids is 2. The third kappa shape index (κ3) is 3.50. The Balaban J connectivity index is 1.74. The average Bonchev–Trinajstić information content (AvgIpc) is 3.02.